The van der Waals surface area contributed by atoms with Gasteiger partial charge in [-0.2, -0.15) is 0 Å². The lowest BCUT2D eigenvalue weighted by Gasteiger charge is -1.95. The van der Waals surface area contributed by atoms with Crippen LogP contribution in [0, 0.1) is 10.1 Å². The normalized spacial score (nSPS) is 15.7. The molecule has 0 unspecified atom stereocenters. The second kappa shape index (κ2) is 4.74. The van der Waals surface area contributed by atoms with E-state index in [1.807, 2.05) is 0 Å². The highest BCUT2D eigenvalue weighted by molar-refractivity contribution is 5.97. The fourth-order valence-corrected chi connectivity index (χ4v) is 1.55. The van der Waals surface area contributed by atoms with Crippen LogP contribution in [-0.2, 0) is 4.79 Å². The zero-order valence-electron chi connectivity index (χ0n) is 9.24. The van der Waals surface area contributed by atoms with E-state index in [0.29, 0.717) is 0 Å². The lowest BCUT2D eigenvalue weighted by atomic mass is 10.3. The Balaban J connectivity index is 2.33. The van der Waals surface area contributed by atoms with E-state index in [4.69, 9.17) is 0 Å². The van der Waals surface area contributed by atoms with E-state index >= 15 is 0 Å². The molecule has 0 heterocycles. The molecular weight excluding hydrogens is 238 g/mol. The highest BCUT2D eigenvalue weighted by Gasteiger charge is 2.23. The Bertz CT molecular complexity index is 577. The van der Waals surface area contributed by atoms with Crippen LogP contribution in [0.3, 0.4) is 0 Å². The molecular formula is C11H9N3O4. The average molecular weight is 247 g/mol. The monoisotopic (exact) mass is 247 g/mol. The highest BCUT2D eigenvalue weighted by Crippen LogP contribution is 2.29. The first-order valence-electron chi connectivity index (χ1n) is 5.20. The fourth-order valence-electron chi connectivity index (χ4n) is 1.55. The van der Waals surface area contributed by atoms with Crippen LogP contribution in [0.15, 0.2) is 46.0 Å². The fraction of sp³-hybridized carbons (Fsp3) is 0.182. The molecule has 0 bridgehead atoms. The van der Waals surface area contributed by atoms with Gasteiger partial charge in [-0.1, -0.05) is 12.1 Å². The first kappa shape index (κ1) is 11.9. The van der Waals surface area contributed by atoms with Crippen LogP contribution >= 0.6 is 0 Å². The van der Waals surface area contributed by atoms with E-state index in [1.54, 1.807) is 6.07 Å². The third-order valence-corrected chi connectivity index (χ3v) is 2.46. The molecule has 1 aliphatic rings. The number of ketones is 1. The quantitative estimate of drug-likeness (QED) is 0.503. The predicted molar refractivity (Wildman–Crippen MR) is 61.5 cm³/mol. The van der Waals surface area contributed by atoms with Crippen molar-refractivity contribution in [2.24, 2.45) is 10.2 Å². The average Bonchev–Trinajstić information content (AvgIpc) is 2.67. The number of rotatable bonds is 3. The van der Waals surface area contributed by atoms with Crippen molar-refractivity contribution < 1.29 is 14.8 Å². The van der Waals surface area contributed by atoms with Crippen LogP contribution in [0.2, 0.25) is 0 Å². The first-order chi connectivity index (χ1) is 8.59. The van der Waals surface area contributed by atoms with Gasteiger partial charge in [-0.15, -0.1) is 10.2 Å². The number of aliphatic hydroxyl groups excluding tert-OH is 1. The molecule has 18 heavy (non-hydrogen) atoms. The van der Waals surface area contributed by atoms with Crippen LogP contribution in [0.1, 0.15) is 12.8 Å². The highest BCUT2D eigenvalue weighted by atomic mass is 16.6. The maximum absolute atomic E-state index is 11.3. The number of hydrogen-bond donors (Lipinski definition) is 1. The minimum atomic E-state index is -0.584. The van der Waals surface area contributed by atoms with Crippen molar-refractivity contribution in [3.8, 4) is 0 Å². The summed E-state index contributed by atoms with van der Waals surface area (Å²) in [5.74, 6) is -0.433. The van der Waals surface area contributed by atoms with Crippen LogP contribution in [0.25, 0.3) is 0 Å². The number of aliphatic hydroxyl groups is 1. The van der Waals surface area contributed by atoms with Gasteiger partial charge in [0.2, 0.25) is 0 Å². The van der Waals surface area contributed by atoms with Gasteiger partial charge in [0, 0.05) is 18.9 Å². The minimum Gasteiger partial charge on any atom is -0.510 e. The number of azo groups is 1. The Morgan fingerprint density at radius 3 is 2.56 bits per heavy atom. The minimum absolute atomic E-state index is 0.0440. The van der Waals surface area contributed by atoms with Gasteiger partial charge in [-0.25, -0.2) is 0 Å². The number of nitro benzene ring substituents is 1. The smallest absolute Gasteiger partial charge is 0.296 e. The van der Waals surface area contributed by atoms with Gasteiger partial charge >= 0.3 is 0 Å². The van der Waals surface area contributed by atoms with Crippen LogP contribution in [-0.4, -0.2) is 15.8 Å². The summed E-state index contributed by atoms with van der Waals surface area (Å²) in [6.07, 6.45) is 0.432. The maximum Gasteiger partial charge on any atom is 0.296 e. The molecule has 1 aliphatic carbocycles. The first-order valence-corrected chi connectivity index (χ1v) is 5.20. The number of hydrogen-bond acceptors (Lipinski definition) is 6. The number of para-hydroxylation sites is 1. The summed E-state index contributed by atoms with van der Waals surface area (Å²) in [4.78, 5) is 21.5. The SMILES string of the molecule is O=C1CCC(O)=C1N=Nc1ccccc1[N+](=O)[O-]. The molecule has 1 aromatic carbocycles. The molecule has 0 amide bonds. The summed E-state index contributed by atoms with van der Waals surface area (Å²) in [6, 6.07) is 5.79. The van der Waals surface area contributed by atoms with E-state index < -0.39 is 4.92 Å². The van der Waals surface area contributed by atoms with Gasteiger partial charge in [0.15, 0.2) is 17.2 Å². The summed E-state index contributed by atoms with van der Waals surface area (Å²) >= 11 is 0. The largest absolute Gasteiger partial charge is 0.510 e. The van der Waals surface area contributed by atoms with Gasteiger partial charge in [-0.05, 0) is 6.07 Å². The van der Waals surface area contributed by atoms with Gasteiger partial charge in [0.25, 0.3) is 5.69 Å². The van der Waals surface area contributed by atoms with Crippen LogP contribution < -0.4 is 0 Å². The summed E-state index contributed by atoms with van der Waals surface area (Å²) in [6.45, 7) is 0. The van der Waals surface area contributed by atoms with Gasteiger partial charge in [-0.3, -0.25) is 14.9 Å². The molecule has 1 N–H and O–H groups in total. The lowest BCUT2D eigenvalue weighted by Crippen LogP contribution is -1.92. The number of nitrogens with zero attached hydrogens (tertiary/aromatic N) is 3. The van der Waals surface area contributed by atoms with Crippen molar-refractivity contribution in [3.05, 3.63) is 45.8 Å². The Labute approximate surface area is 102 Å². The van der Waals surface area contributed by atoms with Gasteiger partial charge < -0.3 is 5.11 Å². The van der Waals surface area contributed by atoms with Crippen LogP contribution in [0.4, 0.5) is 11.4 Å². The molecule has 0 aromatic heterocycles. The Morgan fingerprint density at radius 2 is 1.94 bits per heavy atom. The molecule has 1 aromatic rings. The second-order valence-corrected chi connectivity index (χ2v) is 3.66. The van der Waals surface area contributed by atoms with Gasteiger partial charge in [0.1, 0.15) is 5.76 Å². The summed E-state index contributed by atoms with van der Waals surface area (Å²) in [7, 11) is 0. The molecule has 0 atom stereocenters. The van der Waals surface area contributed by atoms with E-state index in [1.165, 1.54) is 18.2 Å². The summed E-state index contributed by atoms with van der Waals surface area (Å²) in [5.41, 5.74) is -0.276. The van der Waals surface area contributed by atoms with E-state index in [-0.39, 0.29) is 41.5 Å². The van der Waals surface area contributed by atoms with Crippen molar-refractivity contribution in [2.75, 3.05) is 0 Å². The van der Waals surface area contributed by atoms with Gasteiger partial charge in [0.05, 0.1) is 4.92 Å². The molecule has 0 fully saturated rings. The Kier molecular flexibility index (Phi) is 3.13. The molecule has 92 valence electrons. The summed E-state index contributed by atoms with van der Waals surface area (Å²) < 4.78 is 0. The molecule has 2 rings (SSSR count). The van der Waals surface area contributed by atoms with Crippen LogP contribution in [0.5, 0.6) is 0 Å². The number of carbonyl (C=O) groups excluding carboxylic acids is 1. The molecule has 7 heteroatoms. The Morgan fingerprint density at radius 1 is 1.22 bits per heavy atom. The molecule has 0 saturated carbocycles. The molecule has 0 aliphatic heterocycles. The molecule has 0 spiro atoms. The molecule has 0 radical (unpaired) electrons. The van der Waals surface area contributed by atoms with Crippen molar-refractivity contribution in [1.29, 1.82) is 0 Å². The number of benzene rings is 1. The maximum atomic E-state index is 11.3. The van der Waals surface area contributed by atoms with E-state index in [0.717, 1.165) is 0 Å². The van der Waals surface area contributed by atoms with Crippen molar-refractivity contribution in [3.63, 3.8) is 0 Å². The third kappa shape index (κ3) is 2.24. The van der Waals surface area contributed by atoms with E-state index in [2.05, 4.69) is 10.2 Å². The second-order valence-electron chi connectivity index (χ2n) is 3.66. The van der Waals surface area contributed by atoms with Crippen molar-refractivity contribution >= 4 is 17.2 Å². The van der Waals surface area contributed by atoms with Crippen molar-refractivity contribution in [1.82, 2.24) is 0 Å². The summed E-state index contributed by atoms with van der Waals surface area (Å²) in [5, 5.41) is 27.4. The molecule has 0 saturated heterocycles. The topological polar surface area (TPSA) is 105 Å². The number of allylic oxidation sites excluding steroid dienone is 2. The standard InChI is InChI=1S/C11H9N3O4/c15-9-5-6-10(16)11(9)13-12-7-3-1-2-4-8(7)14(17)18/h1-4,15H,5-6H2. The zero-order valence-corrected chi connectivity index (χ0v) is 9.24. The number of carbonyl (C=O) groups is 1. The van der Waals surface area contributed by atoms with Crippen molar-refractivity contribution in [2.45, 2.75) is 12.8 Å². The lowest BCUT2D eigenvalue weighted by molar-refractivity contribution is -0.384. The third-order valence-electron chi connectivity index (χ3n) is 2.46. The number of nitro groups is 1. The number of Topliss-reactive ketones (excluding diaryl/α,β-unsaturated/α-hetero) is 1. The zero-order chi connectivity index (χ0) is 13.1. The Hall–Kier alpha value is -2.57. The predicted octanol–water partition coefficient (Wildman–Crippen LogP) is 2.81. The van der Waals surface area contributed by atoms with E-state index in [9.17, 15) is 20.0 Å². The molecule has 7 nitrogen and oxygen atoms in total.